The molecule has 2 aromatic carbocycles. The summed E-state index contributed by atoms with van der Waals surface area (Å²) in [4.78, 5) is 22.7. The van der Waals surface area contributed by atoms with Gasteiger partial charge in [-0.05, 0) is 50.7 Å². The monoisotopic (exact) mass is 669 g/mol. The average Bonchev–Trinajstić information content (AvgIpc) is 2.99. The molecule has 0 spiro atoms. The Kier molecular flexibility index (Phi) is 10.5. The van der Waals surface area contributed by atoms with Crippen LogP contribution in [-0.4, -0.2) is 82.9 Å². The normalized spacial score (nSPS) is 14.5. The number of methoxy groups -OCH3 is 2. The van der Waals surface area contributed by atoms with Gasteiger partial charge in [0.25, 0.3) is 5.91 Å². The van der Waals surface area contributed by atoms with Gasteiger partial charge in [0, 0.05) is 38.0 Å². The lowest BCUT2D eigenvalue weighted by atomic mass is 10.0. The van der Waals surface area contributed by atoms with Crippen LogP contribution in [0.25, 0.3) is 0 Å². The lowest BCUT2D eigenvalue weighted by Gasteiger charge is -2.29. The molecule has 1 aliphatic heterocycles. The van der Waals surface area contributed by atoms with E-state index in [0.29, 0.717) is 17.5 Å². The maximum absolute atomic E-state index is 15.2. The zero-order valence-electron chi connectivity index (χ0n) is 25.8. The lowest BCUT2D eigenvalue weighted by molar-refractivity contribution is -0.137. The first-order valence-corrected chi connectivity index (χ1v) is 15.9. The summed E-state index contributed by atoms with van der Waals surface area (Å²) in [6.07, 6.45) is -1.87. The molecule has 12 nitrogen and oxygen atoms in total. The molecule has 1 saturated heterocycles. The van der Waals surface area contributed by atoms with Gasteiger partial charge in [0.05, 0.1) is 37.4 Å². The Morgan fingerprint density at radius 2 is 1.83 bits per heavy atom. The van der Waals surface area contributed by atoms with Crippen LogP contribution in [0.3, 0.4) is 0 Å². The summed E-state index contributed by atoms with van der Waals surface area (Å²) in [5.74, 6) is -2.10. The second-order valence-corrected chi connectivity index (χ2v) is 12.8. The fourth-order valence-corrected chi connectivity index (χ4v) is 5.31. The number of aromatic nitrogens is 2. The number of sulfonamides is 1. The second-order valence-electron chi connectivity index (χ2n) is 10.7. The lowest BCUT2D eigenvalue weighted by Crippen LogP contribution is -2.43. The third kappa shape index (κ3) is 8.25. The highest BCUT2D eigenvalue weighted by molar-refractivity contribution is 7.92. The van der Waals surface area contributed by atoms with Gasteiger partial charge in [-0.2, -0.15) is 18.2 Å². The molecule has 0 unspecified atom stereocenters. The van der Waals surface area contributed by atoms with Crippen molar-refractivity contribution in [3.63, 3.8) is 0 Å². The Morgan fingerprint density at radius 3 is 2.43 bits per heavy atom. The zero-order chi connectivity index (χ0) is 33.8. The van der Waals surface area contributed by atoms with E-state index in [1.807, 2.05) is 7.05 Å². The van der Waals surface area contributed by atoms with Gasteiger partial charge < -0.3 is 30.3 Å². The Morgan fingerprint density at radius 1 is 1.13 bits per heavy atom. The fraction of sp³-hybridized carbons (Fsp3) is 0.414. The topological polar surface area (TPSA) is 138 Å². The number of rotatable bonds is 11. The van der Waals surface area contributed by atoms with Gasteiger partial charge >= 0.3 is 6.18 Å². The number of piperidine rings is 1. The molecule has 17 heteroatoms. The van der Waals surface area contributed by atoms with Gasteiger partial charge in [-0.15, -0.1) is 0 Å². The number of nitrogens with zero attached hydrogens (tertiary/aromatic N) is 4. The van der Waals surface area contributed by atoms with E-state index < -0.39 is 39.3 Å². The molecular weight excluding hydrogens is 634 g/mol. The molecule has 250 valence electrons. The number of nitrogens with one attached hydrogen (secondary N) is 3. The van der Waals surface area contributed by atoms with E-state index in [2.05, 4.69) is 30.8 Å². The third-order valence-electron chi connectivity index (χ3n) is 7.50. The largest absolute Gasteiger partial charge is 0.497 e. The van der Waals surface area contributed by atoms with Crippen molar-refractivity contribution in [2.24, 2.45) is 0 Å². The van der Waals surface area contributed by atoms with Crippen LogP contribution < -0.4 is 29.7 Å². The van der Waals surface area contributed by atoms with E-state index in [0.717, 1.165) is 42.6 Å². The van der Waals surface area contributed by atoms with Gasteiger partial charge in [-0.25, -0.2) is 17.8 Å². The molecule has 1 aromatic heterocycles. The second kappa shape index (κ2) is 13.9. The van der Waals surface area contributed by atoms with Gasteiger partial charge in [0.2, 0.25) is 16.0 Å². The first-order valence-electron chi connectivity index (χ1n) is 14.0. The maximum atomic E-state index is 15.2. The molecule has 0 bridgehead atoms. The summed E-state index contributed by atoms with van der Waals surface area (Å²) in [7, 11) is 2.24. The first kappa shape index (κ1) is 34.5. The standard InChI is InChI=1S/C29H35F4N7O5S/c1-39-10-8-18(9-11-39)36-27(41)20-13-25(45-4)23(14-22(20)30)37-28-35-16-21(29(31,32)33)26(38-28)34-15-17-6-7-19(44-3)12-24(17)40(2)46(5,42)43/h6-7,12-14,16,18H,8-11,15H2,1-5H3,(H,36,41)(H2,34,35,37,38). The number of carbonyl (C=O) groups excluding carboxylic acids is 1. The van der Waals surface area contributed by atoms with Gasteiger partial charge in [0.1, 0.15) is 28.7 Å². The molecule has 0 saturated carbocycles. The molecule has 4 rings (SSSR count). The number of amides is 1. The maximum Gasteiger partial charge on any atom is 0.421 e. The van der Waals surface area contributed by atoms with Crippen molar-refractivity contribution >= 4 is 39.1 Å². The molecule has 2 heterocycles. The van der Waals surface area contributed by atoms with E-state index in [9.17, 15) is 26.4 Å². The minimum Gasteiger partial charge on any atom is -0.497 e. The van der Waals surface area contributed by atoms with Crippen molar-refractivity contribution in [3.8, 4) is 11.5 Å². The molecule has 0 radical (unpaired) electrons. The van der Waals surface area contributed by atoms with E-state index in [1.54, 1.807) is 0 Å². The van der Waals surface area contributed by atoms with Crippen LogP contribution >= 0.6 is 0 Å². The van der Waals surface area contributed by atoms with Crippen LogP contribution in [0.4, 0.5) is 40.7 Å². The molecule has 0 atom stereocenters. The number of ether oxygens (including phenoxy) is 2. The summed E-state index contributed by atoms with van der Waals surface area (Å²) in [5.41, 5.74) is -0.980. The number of halogens is 4. The van der Waals surface area contributed by atoms with E-state index in [-0.39, 0.29) is 41.2 Å². The van der Waals surface area contributed by atoms with Crippen LogP contribution in [0, 0.1) is 5.82 Å². The number of benzene rings is 2. The predicted octanol–water partition coefficient (Wildman–Crippen LogP) is 4.23. The number of hydrogen-bond donors (Lipinski definition) is 3. The molecule has 3 N–H and O–H groups in total. The Bertz CT molecular complexity index is 1680. The van der Waals surface area contributed by atoms with Crippen molar-refractivity contribution in [2.75, 3.05) is 62.6 Å². The van der Waals surface area contributed by atoms with Crippen LogP contribution in [0.15, 0.2) is 36.5 Å². The van der Waals surface area contributed by atoms with Crippen LogP contribution in [-0.2, 0) is 22.7 Å². The van der Waals surface area contributed by atoms with Crippen molar-refractivity contribution in [1.29, 1.82) is 0 Å². The fourth-order valence-electron chi connectivity index (χ4n) is 4.79. The van der Waals surface area contributed by atoms with Crippen LogP contribution in [0.5, 0.6) is 11.5 Å². The number of alkyl halides is 3. The Labute approximate surface area is 264 Å². The van der Waals surface area contributed by atoms with Gasteiger partial charge in [-0.1, -0.05) is 6.07 Å². The van der Waals surface area contributed by atoms with Crippen molar-refractivity contribution in [2.45, 2.75) is 31.6 Å². The average molecular weight is 670 g/mol. The highest BCUT2D eigenvalue weighted by Gasteiger charge is 2.35. The SMILES string of the molecule is COc1ccc(CNc2nc(Nc3cc(F)c(C(=O)NC4CCN(C)CC4)cc3OC)ncc2C(F)(F)F)c(N(C)S(C)(=O)=O)c1. The highest BCUT2D eigenvalue weighted by atomic mass is 32.2. The summed E-state index contributed by atoms with van der Waals surface area (Å²) in [6.45, 7) is 1.32. The number of likely N-dealkylation sites (tertiary alicyclic amines) is 1. The van der Waals surface area contributed by atoms with Crippen LogP contribution in [0.1, 0.15) is 34.3 Å². The zero-order valence-corrected chi connectivity index (χ0v) is 26.6. The molecule has 1 aliphatic rings. The summed E-state index contributed by atoms with van der Waals surface area (Å²) in [6, 6.07) is 6.53. The molecule has 3 aromatic rings. The number of hydrogen-bond acceptors (Lipinski definition) is 10. The molecule has 1 fully saturated rings. The summed E-state index contributed by atoms with van der Waals surface area (Å²) >= 11 is 0. The third-order valence-corrected chi connectivity index (χ3v) is 8.70. The van der Waals surface area contributed by atoms with Crippen molar-refractivity contribution < 1.29 is 40.2 Å². The van der Waals surface area contributed by atoms with Crippen LogP contribution in [0.2, 0.25) is 0 Å². The molecule has 1 amide bonds. The summed E-state index contributed by atoms with van der Waals surface area (Å²) < 4.78 is 92.9. The Hall–Kier alpha value is -4.38. The van der Waals surface area contributed by atoms with Crippen molar-refractivity contribution in [1.82, 2.24) is 20.2 Å². The molecule has 0 aliphatic carbocycles. The van der Waals surface area contributed by atoms with E-state index in [1.165, 1.54) is 45.5 Å². The van der Waals surface area contributed by atoms with E-state index in [4.69, 9.17) is 9.47 Å². The smallest absolute Gasteiger partial charge is 0.421 e. The van der Waals surface area contributed by atoms with Gasteiger partial charge in [0.15, 0.2) is 0 Å². The molecule has 46 heavy (non-hydrogen) atoms. The highest BCUT2D eigenvalue weighted by Crippen LogP contribution is 2.36. The minimum absolute atomic E-state index is 0.0274. The van der Waals surface area contributed by atoms with E-state index >= 15 is 4.39 Å². The number of anilines is 4. The quantitative estimate of drug-likeness (QED) is 0.255. The number of carbonyl (C=O) groups is 1. The van der Waals surface area contributed by atoms with Gasteiger partial charge in [-0.3, -0.25) is 9.10 Å². The summed E-state index contributed by atoms with van der Waals surface area (Å²) in [5, 5.41) is 8.11. The van der Waals surface area contributed by atoms with Crippen molar-refractivity contribution in [3.05, 3.63) is 59.0 Å². The minimum atomic E-state index is -4.85. The Balaban J connectivity index is 1.60. The first-order chi connectivity index (χ1) is 21.6. The predicted molar refractivity (Wildman–Crippen MR) is 165 cm³/mol. The molecular formula is C29H35F4N7O5S.